The lowest BCUT2D eigenvalue weighted by molar-refractivity contribution is 0.402. The van der Waals surface area contributed by atoms with Crippen LogP contribution in [0.4, 0.5) is 5.69 Å². The number of furan rings is 1. The fourth-order valence-electron chi connectivity index (χ4n) is 1.62. The van der Waals surface area contributed by atoms with Gasteiger partial charge in [0.25, 0.3) is 10.0 Å². The summed E-state index contributed by atoms with van der Waals surface area (Å²) in [6.45, 7) is 0.356. The number of rotatable bonds is 5. The molecule has 0 atom stereocenters. The molecular formula is C14H15N3O3S. The van der Waals surface area contributed by atoms with Gasteiger partial charge in [-0.2, -0.15) is 5.26 Å². The van der Waals surface area contributed by atoms with Crippen LogP contribution in [0.3, 0.4) is 0 Å². The Hall–Kier alpha value is -2.30. The molecule has 1 aromatic carbocycles. The molecule has 0 bridgehead atoms. The number of anilines is 1. The van der Waals surface area contributed by atoms with Crippen LogP contribution in [0.25, 0.3) is 0 Å². The molecule has 2 aromatic rings. The zero-order valence-corrected chi connectivity index (χ0v) is 12.5. The average Bonchev–Trinajstić information content (AvgIpc) is 2.95. The molecule has 0 unspecified atom stereocenters. The Balaban J connectivity index is 2.05. The fraction of sp³-hybridized carbons (Fsp3) is 0.214. The summed E-state index contributed by atoms with van der Waals surface area (Å²) in [7, 11) is -0.643. The number of hydrogen-bond donors (Lipinski definition) is 1. The Labute approximate surface area is 123 Å². The summed E-state index contributed by atoms with van der Waals surface area (Å²) < 4.78 is 30.2. The molecule has 1 heterocycles. The molecule has 7 heteroatoms. The van der Waals surface area contributed by atoms with Crippen molar-refractivity contribution >= 4 is 15.7 Å². The summed E-state index contributed by atoms with van der Waals surface area (Å²) in [6, 6.07) is 12.0. The lowest BCUT2D eigenvalue weighted by Crippen LogP contribution is -2.21. The highest BCUT2D eigenvalue weighted by Crippen LogP contribution is 2.18. The standard InChI is InChI=1S/C14H15N3O3S/c1-17(2)21(18,19)14-8-7-13(20-14)10-16-12-5-3-11(9-15)4-6-12/h3-8,16H,10H2,1-2H3. The van der Waals surface area contributed by atoms with Gasteiger partial charge in [0.15, 0.2) is 0 Å². The minimum atomic E-state index is -3.55. The van der Waals surface area contributed by atoms with E-state index in [1.807, 2.05) is 6.07 Å². The van der Waals surface area contributed by atoms with Crippen molar-refractivity contribution in [2.75, 3.05) is 19.4 Å². The van der Waals surface area contributed by atoms with Crippen molar-refractivity contribution in [1.82, 2.24) is 4.31 Å². The average molecular weight is 305 g/mol. The van der Waals surface area contributed by atoms with Crippen molar-refractivity contribution in [2.24, 2.45) is 0 Å². The normalized spacial score (nSPS) is 11.3. The first-order valence-electron chi connectivity index (χ1n) is 6.19. The van der Waals surface area contributed by atoms with E-state index < -0.39 is 10.0 Å². The van der Waals surface area contributed by atoms with Gasteiger partial charge in [0.1, 0.15) is 5.76 Å². The molecule has 1 aromatic heterocycles. The van der Waals surface area contributed by atoms with Gasteiger partial charge in [-0.25, -0.2) is 12.7 Å². The predicted octanol–water partition coefficient (Wildman–Crippen LogP) is 2.01. The Bertz CT molecular complexity index is 756. The maximum absolute atomic E-state index is 11.9. The Morgan fingerprint density at radius 3 is 2.43 bits per heavy atom. The van der Waals surface area contributed by atoms with Gasteiger partial charge >= 0.3 is 0 Å². The molecule has 0 aliphatic carbocycles. The highest BCUT2D eigenvalue weighted by atomic mass is 32.2. The second kappa shape index (κ2) is 5.99. The third kappa shape index (κ3) is 3.42. The molecule has 0 spiro atoms. The number of sulfonamides is 1. The lowest BCUT2D eigenvalue weighted by atomic mass is 10.2. The Kier molecular flexibility index (Phi) is 4.31. The molecule has 2 rings (SSSR count). The van der Waals surface area contributed by atoms with E-state index in [1.165, 1.54) is 20.2 Å². The highest BCUT2D eigenvalue weighted by molar-refractivity contribution is 7.88. The van der Waals surface area contributed by atoms with Crippen LogP contribution in [0.5, 0.6) is 0 Å². The number of nitrogens with zero attached hydrogens (tertiary/aromatic N) is 2. The van der Waals surface area contributed by atoms with Gasteiger partial charge in [-0.1, -0.05) is 0 Å². The van der Waals surface area contributed by atoms with E-state index in [1.54, 1.807) is 30.3 Å². The summed E-state index contributed by atoms with van der Waals surface area (Å²) in [5.74, 6) is 0.514. The second-order valence-corrected chi connectivity index (χ2v) is 6.63. The van der Waals surface area contributed by atoms with E-state index in [9.17, 15) is 8.42 Å². The maximum atomic E-state index is 11.9. The molecule has 6 nitrogen and oxygen atoms in total. The van der Waals surface area contributed by atoms with Crippen molar-refractivity contribution in [3.8, 4) is 6.07 Å². The van der Waals surface area contributed by atoms with Crippen molar-refractivity contribution in [1.29, 1.82) is 5.26 Å². The Morgan fingerprint density at radius 1 is 1.19 bits per heavy atom. The van der Waals surface area contributed by atoms with Crippen LogP contribution in [0.1, 0.15) is 11.3 Å². The minimum Gasteiger partial charge on any atom is -0.446 e. The summed E-state index contributed by atoms with van der Waals surface area (Å²) in [4.78, 5) is 0. The number of nitrogens with one attached hydrogen (secondary N) is 1. The van der Waals surface area contributed by atoms with Gasteiger partial charge in [-0.15, -0.1) is 0 Å². The zero-order valence-electron chi connectivity index (χ0n) is 11.7. The second-order valence-electron chi connectivity index (χ2n) is 4.55. The van der Waals surface area contributed by atoms with Gasteiger partial charge in [-0.3, -0.25) is 0 Å². The molecule has 1 N–H and O–H groups in total. The fourth-order valence-corrected chi connectivity index (χ4v) is 2.44. The first-order valence-corrected chi connectivity index (χ1v) is 7.63. The third-order valence-electron chi connectivity index (χ3n) is 2.85. The van der Waals surface area contributed by atoms with Gasteiger partial charge in [0.2, 0.25) is 5.09 Å². The molecule has 0 saturated carbocycles. The molecular weight excluding hydrogens is 290 g/mol. The van der Waals surface area contributed by atoms with Crippen LogP contribution in [0.2, 0.25) is 0 Å². The molecule has 21 heavy (non-hydrogen) atoms. The van der Waals surface area contributed by atoms with Gasteiger partial charge in [0, 0.05) is 19.8 Å². The zero-order chi connectivity index (χ0) is 15.5. The number of hydrogen-bond acceptors (Lipinski definition) is 5. The van der Waals surface area contributed by atoms with Crippen LogP contribution < -0.4 is 5.32 Å². The third-order valence-corrected chi connectivity index (χ3v) is 4.54. The summed E-state index contributed by atoms with van der Waals surface area (Å²) in [5.41, 5.74) is 1.40. The van der Waals surface area contributed by atoms with E-state index in [2.05, 4.69) is 5.32 Å². The smallest absolute Gasteiger partial charge is 0.275 e. The van der Waals surface area contributed by atoms with Crippen molar-refractivity contribution in [2.45, 2.75) is 11.6 Å². The molecule has 0 aliphatic heterocycles. The largest absolute Gasteiger partial charge is 0.446 e. The van der Waals surface area contributed by atoms with Crippen LogP contribution >= 0.6 is 0 Å². The van der Waals surface area contributed by atoms with Gasteiger partial charge < -0.3 is 9.73 Å². The van der Waals surface area contributed by atoms with Gasteiger partial charge in [-0.05, 0) is 36.4 Å². The van der Waals surface area contributed by atoms with Crippen LogP contribution in [-0.2, 0) is 16.6 Å². The topological polar surface area (TPSA) is 86.3 Å². The molecule has 0 aliphatic rings. The first kappa shape index (κ1) is 15.1. The van der Waals surface area contributed by atoms with Crippen molar-refractivity contribution in [3.05, 3.63) is 47.7 Å². The SMILES string of the molecule is CN(C)S(=O)(=O)c1ccc(CNc2ccc(C#N)cc2)o1. The van der Waals surface area contributed by atoms with E-state index in [4.69, 9.17) is 9.68 Å². The minimum absolute atomic E-state index is 0.0795. The molecule has 0 radical (unpaired) electrons. The Morgan fingerprint density at radius 2 is 1.86 bits per heavy atom. The molecule has 0 amide bonds. The summed E-state index contributed by atoms with van der Waals surface area (Å²) in [5, 5.41) is 11.7. The predicted molar refractivity (Wildman–Crippen MR) is 78.1 cm³/mol. The van der Waals surface area contributed by atoms with Crippen LogP contribution in [0.15, 0.2) is 45.9 Å². The van der Waals surface area contributed by atoms with Crippen LogP contribution in [-0.4, -0.2) is 26.8 Å². The maximum Gasteiger partial charge on any atom is 0.275 e. The number of benzene rings is 1. The summed E-state index contributed by atoms with van der Waals surface area (Å²) in [6.07, 6.45) is 0. The number of nitriles is 1. The lowest BCUT2D eigenvalue weighted by Gasteiger charge is -2.08. The molecule has 110 valence electrons. The highest BCUT2D eigenvalue weighted by Gasteiger charge is 2.21. The molecule has 0 fully saturated rings. The first-order chi connectivity index (χ1) is 9.93. The summed E-state index contributed by atoms with van der Waals surface area (Å²) >= 11 is 0. The van der Waals surface area contributed by atoms with Crippen molar-refractivity contribution < 1.29 is 12.8 Å². The van der Waals surface area contributed by atoms with Gasteiger partial charge in [0.05, 0.1) is 18.2 Å². The van der Waals surface area contributed by atoms with Crippen LogP contribution in [0, 0.1) is 11.3 Å². The van der Waals surface area contributed by atoms with Crippen molar-refractivity contribution in [3.63, 3.8) is 0 Å². The monoisotopic (exact) mass is 305 g/mol. The van der Waals surface area contributed by atoms with E-state index in [0.717, 1.165) is 9.99 Å². The van der Waals surface area contributed by atoms with E-state index in [-0.39, 0.29) is 5.09 Å². The van der Waals surface area contributed by atoms with E-state index in [0.29, 0.717) is 17.9 Å². The quantitative estimate of drug-likeness (QED) is 0.913. The van der Waals surface area contributed by atoms with E-state index >= 15 is 0 Å². The molecule has 0 saturated heterocycles.